The number of rotatable bonds is 2. The van der Waals surface area contributed by atoms with Crippen LogP contribution in [-0.4, -0.2) is 16.6 Å². The standard InChI is InChI=1S/C18H17FN2O/c1-12-7-9-14(10-8-12)17-11-18(21(20-17)13(2)22)15-5-3-4-6-16(15)19/h3-10,18H,11H2,1-2H3. The Morgan fingerprint density at radius 2 is 1.86 bits per heavy atom. The lowest BCUT2D eigenvalue weighted by molar-refractivity contribution is -0.130. The lowest BCUT2D eigenvalue weighted by atomic mass is 9.97. The normalized spacial score (nSPS) is 17.5. The number of hydrogen-bond donors (Lipinski definition) is 0. The summed E-state index contributed by atoms with van der Waals surface area (Å²) in [6.45, 7) is 3.47. The van der Waals surface area contributed by atoms with Crippen LogP contribution in [0.4, 0.5) is 4.39 Å². The van der Waals surface area contributed by atoms with Gasteiger partial charge in [0.1, 0.15) is 5.82 Å². The number of nitrogens with zero attached hydrogens (tertiary/aromatic N) is 2. The average Bonchev–Trinajstić information content (AvgIpc) is 2.93. The minimum absolute atomic E-state index is 0.185. The van der Waals surface area contributed by atoms with Gasteiger partial charge in [0, 0.05) is 18.9 Å². The number of halogens is 1. The van der Waals surface area contributed by atoms with Crippen molar-refractivity contribution in [1.82, 2.24) is 5.01 Å². The van der Waals surface area contributed by atoms with Crippen LogP contribution in [0.25, 0.3) is 0 Å². The minimum atomic E-state index is -0.380. The van der Waals surface area contributed by atoms with Crippen LogP contribution in [0, 0.1) is 12.7 Å². The van der Waals surface area contributed by atoms with E-state index in [0.29, 0.717) is 12.0 Å². The van der Waals surface area contributed by atoms with Crippen LogP contribution >= 0.6 is 0 Å². The van der Waals surface area contributed by atoms with Crippen molar-refractivity contribution in [3.63, 3.8) is 0 Å². The molecule has 0 N–H and O–H groups in total. The number of carbonyl (C=O) groups is 1. The van der Waals surface area contributed by atoms with E-state index in [0.717, 1.165) is 16.8 Å². The van der Waals surface area contributed by atoms with Crippen molar-refractivity contribution >= 4 is 11.6 Å². The Labute approximate surface area is 129 Å². The molecule has 0 saturated heterocycles. The smallest absolute Gasteiger partial charge is 0.240 e. The van der Waals surface area contributed by atoms with E-state index in [1.165, 1.54) is 18.0 Å². The van der Waals surface area contributed by atoms with Crippen molar-refractivity contribution < 1.29 is 9.18 Å². The monoisotopic (exact) mass is 296 g/mol. The zero-order valence-corrected chi connectivity index (χ0v) is 12.6. The van der Waals surface area contributed by atoms with E-state index in [2.05, 4.69) is 5.10 Å². The maximum absolute atomic E-state index is 14.1. The van der Waals surface area contributed by atoms with Gasteiger partial charge in [-0.3, -0.25) is 4.79 Å². The highest BCUT2D eigenvalue weighted by molar-refractivity contribution is 6.03. The molecule has 1 heterocycles. The Kier molecular flexibility index (Phi) is 3.75. The number of hydrogen-bond acceptors (Lipinski definition) is 2. The van der Waals surface area contributed by atoms with Crippen LogP contribution < -0.4 is 0 Å². The third kappa shape index (κ3) is 2.64. The van der Waals surface area contributed by atoms with Gasteiger partial charge in [-0.15, -0.1) is 0 Å². The first kappa shape index (κ1) is 14.4. The Morgan fingerprint density at radius 1 is 1.18 bits per heavy atom. The molecule has 1 aliphatic heterocycles. The molecule has 0 bridgehead atoms. The summed E-state index contributed by atoms with van der Waals surface area (Å²) in [6.07, 6.45) is 0.517. The number of carbonyl (C=O) groups excluding carboxylic acids is 1. The van der Waals surface area contributed by atoms with Gasteiger partial charge >= 0.3 is 0 Å². The van der Waals surface area contributed by atoms with Gasteiger partial charge in [0.2, 0.25) is 5.91 Å². The number of aryl methyl sites for hydroxylation is 1. The summed E-state index contributed by atoms with van der Waals surface area (Å²) in [4.78, 5) is 11.9. The highest BCUT2D eigenvalue weighted by Gasteiger charge is 2.32. The van der Waals surface area contributed by atoms with Crippen molar-refractivity contribution in [3.8, 4) is 0 Å². The first-order valence-electron chi connectivity index (χ1n) is 7.25. The maximum atomic E-state index is 14.1. The van der Waals surface area contributed by atoms with Crippen LogP contribution in [0.5, 0.6) is 0 Å². The molecular formula is C18H17FN2O. The second kappa shape index (κ2) is 5.72. The predicted octanol–water partition coefficient (Wildman–Crippen LogP) is 3.83. The SMILES string of the molecule is CC(=O)N1N=C(c2ccc(C)cc2)CC1c1ccccc1F. The molecule has 1 amide bonds. The Hall–Kier alpha value is -2.49. The Morgan fingerprint density at radius 3 is 2.50 bits per heavy atom. The van der Waals surface area contributed by atoms with Crippen LogP contribution in [0.3, 0.4) is 0 Å². The predicted molar refractivity (Wildman–Crippen MR) is 84.0 cm³/mol. The fourth-order valence-electron chi connectivity index (χ4n) is 2.71. The first-order chi connectivity index (χ1) is 10.6. The fourth-order valence-corrected chi connectivity index (χ4v) is 2.71. The molecular weight excluding hydrogens is 279 g/mol. The van der Waals surface area contributed by atoms with E-state index in [4.69, 9.17) is 0 Å². The van der Waals surface area contributed by atoms with Crippen molar-refractivity contribution in [2.24, 2.45) is 5.10 Å². The summed E-state index contributed by atoms with van der Waals surface area (Å²) in [5.74, 6) is -0.491. The molecule has 0 aromatic heterocycles. The molecule has 1 unspecified atom stereocenters. The zero-order chi connectivity index (χ0) is 15.7. The molecule has 0 saturated carbocycles. The first-order valence-corrected chi connectivity index (χ1v) is 7.25. The lowest BCUT2D eigenvalue weighted by Gasteiger charge is -2.20. The topological polar surface area (TPSA) is 32.7 Å². The van der Waals surface area contributed by atoms with E-state index in [-0.39, 0.29) is 17.8 Å². The van der Waals surface area contributed by atoms with E-state index >= 15 is 0 Å². The van der Waals surface area contributed by atoms with Crippen molar-refractivity contribution in [2.45, 2.75) is 26.3 Å². The van der Waals surface area contributed by atoms with Crippen LogP contribution in [0.1, 0.15) is 36.1 Å². The molecule has 1 aliphatic rings. The molecule has 0 aliphatic carbocycles. The van der Waals surface area contributed by atoms with Crippen molar-refractivity contribution in [3.05, 3.63) is 71.0 Å². The van der Waals surface area contributed by atoms with Crippen LogP contribution in [0.2, 0.25) is 0 Å². The number of benzene rings is 2. The second-order valence-electron chi connectivity index (χ2n) is 5.52. The molecule has 0 radical (unpaired) electrons. The third-order valence-electron chi connectivity index (χ3n) is 3.88. The number of amides is 1. The summed E-state index contributed by atoms with van der Waals surface area (Å²) >= 11 is 0. The summed E-state index contributed by atoms with van der Waals surface area (Å²) in [5.41, 5.74) is 3.44. The summed E-state index contributed by atoms with van der Waals surface area (Å²) < 4.78 is 14.1. The molecule has 112 valence electrons. The molecule has 22 heavy (non-hydrogen) atoms. The third-order valence-corrected chi connectivity index (χ3v) is 3.88. The van der Waals surface area contributed by atoms with Gasteiger partial charge in [0.25, 0.3) is 0 Å². The molecule has 0 spiro atoms. The maximum Gasteiger partial charge on any atom is 0.240 e. The molecule has 0 fully saturated rings. The van der Waals surface area contributed by atoms with E-state index < -0.39 is 0 Å². The Bertz CT molecular complexity index is 737. The van der Waals surface area contributed by atoms with Gasteiger partial charge < -0.3 is 0 Å². The van der Waals surface area contributed by atoms with Gasteiger partial charge in [-0.05, 0) is 18.6 Å². The summed E-state index contributed by atoms with van der Waals surface area (Å²) in [7, 11) is 0. The van der Waals surface area contributed by atoms with Gasteiger partial charge in [-0.2, -0.15) is 5.10 Å². The number of hydrazone groups is 1. The molecule has 3 nitrogen and oxygen atoms in total. The van der Waals surface area contributed by atoms with Crippen LogP contribution in [0.15, 0.2) is 53.6 Å². The Balaban J connectivity index is 1.96. The van der Waals surface area contributed by atoms with Gasteiger partial charge in [0.15, 0.2) is 0 Å². The van der Waals surface area contributed by atoms with Crippen molar-refractivity contribution in [2.75, 3.05) is 0 Å². The fraction of sp³-hybridized carbons (Fsp3) is 0.222. The average molecular weight is 296 g/mol. The zero-order valence-electron chi connectivity index (χ0n) is 12.6. The molecule has 1 atom stereocenters. The van der Waals surface area contributed by atoms with Gasteiger partial charge in [-0.1, -0.05) is 48.0 Å². The van der Waals surface area contributed by atoms with Crippen LogP contribution in [-0.2, 0) is 4.79 Å². The highest BCUT2D eigenvalue weighted by atomic mass is 19.1. The molecule has 2 aromatic rings. The van der Waals surface area contributed by atoms with Crippen molar-refractivity contribution in [1.29, 1.82) is 0 Å². The van der Waals surface area contributed by atoms with Gasteiger partial charge in [0.05, 0.1) is 11.8 Å². The molecule has 3 rings (SSSR count). The van der Waals surface area contributed by atoms with E-state index in [1.54, 1.807) is 18.2 Å². The summed E-state index contributed by atoms with van der Waals surface area (Å²) in [6, 6.07) is 14.1. The summed E-state index contributed by atoms with van der Waals surface area (Å²) in [5, 5.41) is 5.80. The second-order valence-corrected chi connectivity index (χ2v) is 5.52. The molecule has 4 heteroatoms. The minimum Gasteiger partial charge on any atom is -0.273 e. The van der Waals surface area contributed by atoms with Gasteiger partial charge in [-0.25, -0.2) is 9.40 Å². The molecule has 2 aromatic carbocycles. The quantitative estimate of drug-likeness (QED) is 0.829. The largest absolute Gasteiger partial charge is 0.273 e. The van der Waals surface area contributed by atoms with E-state index in [9.17, 15) is 9.18 Å². The van der Waals surface area contributed by atoms with E-state index in [1.807, 2.05) is 31.2 Å². The lowest BCUT2D eigenvalue weighted by Crippen LogP contribution is -2.25. The highest BCUT2D eigenvalue weighted by Crippen LogP contribution is 2.33.